The van der Waals surface area contributed by atoms with Gasteiger partial charge in [0.15, 0.2) is 0 Å². The summed E-state index contributed by atoms with van der Waals surface area (Å²) in [4.78, 5) is 14.7. The van der Waals surface area contributed by atoms with E-state index in [1.54, 1.807) is 24.3 Å². The van der Waals surface area contributed by atoms with Gasteiger partial charge in [-0.05, 0) is 50.4 Å². The highest BCUT2D eigenvalue weighted by atomic mass is 16.2. The Kier molecular flexibility index (Phi) is 3.70. The third-order valence-corrected chi connectivity index (χ3v) is 4.07. The third kappa shape index (κ3) is 2.83. The second kappa shape index (κ2) is 5.64. The van der Waals surface area contributed by atoms with E-state index in [2.05, 4.69) is 11.4 Å². The van der Waals surface area contributed by atoms with Crippen molar-refractivity contribution in [2.45, 2.75) is 37.8 Å². The Balaban J connectivity index is 1.76. The lowest BCUT2D eigenvalue weighted by Crippen LogP contribution is -2.42. The van der Waals surface area contributed by atoms with E-state index >= 15 is 0 Å². The molecule has 104 valence electrons. The molecule has 1 saturated carbocycles. The first-order chi connectivity index (χ1) is 9.78. The fourth-order valence-electron chi connectivity index (χ4n) is 2.82. The van der Waals surface area contributed by atoms with Crippen LogP contribution in [0.1, 0.15) is 41.6 Å². The highest BCUT2D eigenvalue weighted by Crippen LogP contribution is 2.29. The van der Waals surface area contributed by atoms with Crippen molar-refractivity contribution in [3.05, 3.63) is 35.4 Å². The fourth-order valence-corrected chi connectivity index (χ4v) is 2.82. The molecule has 0 aromatic heterocycles. The Morgan fingerprint density at radius 2 is 2.25 bits per heavy atom. The molecule has 1 atom stereocenters. The minimum atomic E-state index is 0.0679. The number of benzene rings is 1. The van der Waals surface area contributed by atoms with E-state index in [4.69, 9.17) is 5.26 Å². The monoisotopic (exact) mass is 269 g/mol. The van der Waals surface area contributed by atoms with E-state index in [0.717, 1.165) is 32.4 Å². The largest absolute Gasteiger partial charge is 0.334 e. The number of amides is 1. The number of nitrogens with zero attached hydrogens (tertiary/aromatic N) is 2. The average Bonchev–Trinajstić information content (AvgIpc) is 3.20. The lowest BCUT2D eigenvalue weighted by molar-refractivity contribution is 0.0728. The summed E-state index contributed by atoms with van der Waals surface area (Å²) in [5.74, 6) is 0.0679. The Morgan fingerprint density at radius 3 is 2.90 bits per heavy atom. The maximum atomic E-state index is 12.7. The number of hydrogen-bond donors (Lipinski definition) is 1. The Labute approximate surface area is 119 Å². The first-order valence-electron chi connectivity index (χ1n) is 7.32. The van der Waals surface area contributed by atoms with Gasteiger partial charge >= 0.3 is 0 Å². The van der Waals surface area contributed by atoms with Crippen molar-refractivity contribution >= 4 is 5.91 Å². The highest BCUT2D eigenvalue weighted by molar-refractivity contribution is 5.95. The highest BCUT2D eigenvalue weighted by Gasteiger charge is 2.34. The summed E-state index contributed by atoms with van der Waals surface area (Å²) in [5.41, 5.74) is 1.18. The molecule has 1 aliphatic carbocycles. The van der Waals surface area contributed by atoms with E-state index in [1.807, 2.05) is 4.90 Å². The zero-order chi connectivity index (χ0) is 13.9. The average molecular weight is 269 g/mol. The Morgan fingerprint density at radius 1 is 1.40 bits per heavy atom. The molecule has 2 fully saturated rings. The molecule has 3 rings (SSSR count). The lowest BCUT2D eigenvalue weighted by atomic mass is 10.1. The molecule has 1 unspecified atom stereocenters. The first kappa shape index (κ1) is 13.1. The third-order valence-electron chi connectivity index (χ3n) is 4.07. The molecule has 0 spiro atoms. The molecule has 1 aliphatic heterocycles. The maximum Gasteiger partial charge on any atom is 0.254 e. The van der Waals surface area contributed by atoms with Gasteiger partial charge in [-0.1, -0.05) is 6.07 Å². The number of hydrogen-bond acceptors (Lipinski definition) is 3. The Hall–Kier alpha value is -1.86. The van der Waals surface area contributed by atoms with E-state index < -0.39 is 0 Å². The molecule has 0 radical (unpaired) electrons. The van der Waals surface area contributed by atoms with Gasteiger partial charge in [-0.15, -0.1) is 0 Å². The fraction of sp³-hybridized carbons (Fsp3) is 0.500. The van der Waals surface area contributed by atoms with Gasteiger partial charge in [-0.2, -0.15) is 5.26 Å². The molecule has 4 heteroatoms. The van der Waals surface area contributed by atoms with Gasteiger partial charge in [0.05, 0.1) is 11.6 Å². The van der Waals surface area contributed by atoms with Gasteiger partial charge < -0.3 is 10.2 Å². The minimum Gasteiger partial charge on any atom is -0.334 e. The smallest absolute Gasteiger partial charge is 0.254 e. The molecule has 4 nitrogen and oxygen atoms in total. The summed E-state index contributed by atoms with van der Waals surface area (Å²) in [6.45, 7) is 1.85. The van der Waals surface area contributed by atoms with Crippen molar-refractivity contribution in [1.82, 2.24) is 10.2 Å². The summed E-state index contributed by atoms with van der Waals surface area (Å²) in [5, 5.41) is 12.4. The summed E-state index contributed by atoms with van der Waals surface area (Å²) in [7, 11) is 0. The van der Waals surface area contributed by atoms with Crippen molar-refractivity contribution < 1.29 is 4.79 Å². The number of rotatable bonds is 4. The van der Waals surface area contributed by atoms with Crippen LogP contribution in [0.15, 0.2) is 24.3 Å². The van der Waals surface area contributed by atoms with Crippen LogP contribution < -0.4 is 5.32 Å². The molecule has 20 heavy (non-hydrogen) atoms. The van der Waals surface area contributed by atoms with E-state index in [0.29, 0.717) is 23.2 Å². The van der Waals surface area contributed by atoms with Crippen molar-refractivity contribution in [3.63, 3.8) is 0 Å². The van der Waals surface area contributed by atoms with Crippen molar-refractivity contribution in [1.29, 1.82) is 5.26 Å². The SMILES string of the molecule is N#Cc1cccc(C(=O)N(CC2CCCN2)C2CC2)c1. The molecular formula is C16H19N3O. The maximum absolute atomic E-state index is 12.7. The summed E-state index contributed by atoms with van der Waals surface area (Å²) >= 11 is 0. The summed E-state index contributed by atoms with van der Waals surface area (Å²) < 4.78 is 0. The molecule has 1 N–H and O–H groups in total. The van der Waals surface area contributed by atoms with E-state index in [1.165, 1.54) is 6.42 Å². The van der Waals surface area contributed by atoms with E-state index in [9.17, 15) is 4.79 Å². The molecule has 1 aromatic carbocycles. The quantitative estimate of drug-likeness (QED) is 0.908. The molecule has 1 heterocycles. The van der Waals surface area contributed by atoms with Gasteiger partial charge in [0.1, 0.15) is 0 Å². The second-order valence-electron chi connectivity index (χ2n) is 5.67. The van der Waals surface area contributed by atoms with Gasteiger partial charge in [0.25, 0.3) is 5.91 Å². The molecule has 1 aromatic rings. The van der Waals surface area contributed by atoms with Gasteiger partial charge in [-0.25, -0.2) is 0 Å². The first-order valence-corrected chi connectivity index (χ1v) is 7.32. The van der Waals surface area contributed by atoms with Crippen LogP contribution in [0.3, 0.4) is 0 Å². The van der Waals surface area contributed by atoms with Gasteiger partial charge in [-0.3, -0.25) is 4.79 Å². The lowest BCUT2D eigenvalue weighted by Gasteiger charge is -2.26. The molecule has 2 aliphatic rings. The number of carbonyl (C=O) groups is 1. The predicted molar refractivity (Wildman–Crippen MR) is 76.2 cm³/mol. The topological polar surface area (TPSA) is 56.1 Å². The summed E-state index contributed by atoms with van der Waals surface area (Å²) in [6, 6.07) is 9.94. The number of carbonyl (C=O) groups excluding carboxylic acids is 1. The predicted octanol–water partition coefficient (Wildman–Crippen LogP) is 1.91. The Bertz CT molecular complexity index is 539. The van der Waals surface area contributed by atoms with Crippen molar-refractivity contribution in [2.24, 2.45) is 0 Å². The van der Waals surface area contributed by atoms with Crippen molar-refractivity contribution in [3.8, 4) is 6.07 Å². The van der Waals surface area contributed by atoms with Gasteiger partial charge in [0, 0.05) is 24.2 Å². The summed E-state index contributed by atoms with van der Waals surface area (Å²) in [6.07, 6.45) is 4.56. The zero-order valence-electron chi connectivity index (χ0n) is 11.5. The van der Waals surface area contributed by atoms with Crippen LogP contribution >= 0.6 is 0 Å². The molecule has 0 bridgehead atoms. The van der Waals surface area contributed by atoms with Crippen LogP contribution in [0, 0.1) is 11.3 Å². The van der Waals surface area contributed by atoms with Crippen LogP contribution in [0.2, 0.25) is 0 Å². The molecule has 1 saturated heterocycles. The molecule has 1 amide bonds. The second-order valence-corrected chi connectivity index (χ2v) is 5.67. The normalized spacial score (nSPS) is 21.4. The minimum absolute atomic E-state index is 0.0679. The molecular weight excluding hydrogens is 250 g/mol. The van der Waals surface area contributed by atoms with Crippen LogP contribution in [0.25, 0.3) is 0 Å². The number of nitrogens with one attached hydrogen (secondary N) is 1. The van der Waals surface area contributed by atoms with Crippen LogP contribution in [0.4, 0.5) is 0 Å². The van der Waals surface area contributed by atoms with Crippen LogP contribution in [-0.4, -0.2) is 36.0 Å². The van der Waals surface area contributed by atoms with Crippen molar-refractivity contribution in [2.75, 3.05) is 13.1 Å². The van der Waals surface area contributed by atoms with Crippen LogP contribution in [-0.2, 0) is 0 Å². The van der Waals surface area contributed by atoms with Crippen LogP contribution in [0.5, 0.6) is 0 Å². The van der Waals surface area contributed by atoms with E-state index in [-0.39, 0.29) is 5.91 Å². The zero-order valence-corrected chi connectivity index (χ0v) is 11.5. The number of nitriles is 1. The van der Waals surface area contributed by atoms with Gasteiger partial charge in [0.2, 0.25) is 0 Å². The standard InChI is InChI=1S/C16H19N3O/c17-10-12-3-1-4-13(9-12)16(20)19(15-6-7-15)11-14-5-2-8-18-14/h1,3-4,9,14-15,18H,2,5-8,11H2.